The second kappa shape index (κ2) is 2.64. The zero-order valence-corrected chi connectivity index (χ0v) is 5.67. The van der Waals surface area contributed by atoms with Crippen molar-refractivity contribution in [3.8, 4) is 0 Å². The van der Waals surface area contributed by atoms with E-state index in [4.69, 9.17) is 0 Å². The summed E-state index contributed by atoms with van der Waals surface area (Å²) in [4.78, 5) is 3.30. The summed E-state index contributed by atoms with van der Waals surface area (Å²) in [5, 5.41) is 0. The van der Waals surface area contributed by atoms with Gasteiger partial charge in [0.25, 0.3) is 0 Å². The zero-order chi connectivity index (χ0) is 7.56. The van der Waals surface area contributed by atoms with Crippen LogP contribution in [0.2, 0.25) is 0 Å². The van der Waals surface area contributed by atoms with E-state index in [0.717, 1.165) is 0 Å². The Balaban J connectivity index is 2.84. The monoisotopic (exact) mass is 141 g/mol. The summed E-state index contributed by atoms with van der Waals surface area (Å²) in [6, 6.07) is 0. The molecule has 0 radical (unpaired) electrons. The summed E-state index contributed by atoms with van der Waals surface area (Å²) in [5.74, 6) is 0.532. The van der Waals surface area contributed by atoms with Crippen LogP contribution in [0.5, 0.6) is 0 Å². The topological polar surface area (TPSA) is 26.0 Å². The Morgan fingerprint density at radius 2 is 2.60 bits per heavy atom. The standard InChI is InChI=1S/C7H8FNO/c1-3-5(2)6-4-9-7(8)10-6/h3-5H,1H2,2H3. The fourth-order valence-electron chi connectivity index (χ4n) is 0.591. The number of rotatable bonds is 2. The molecule has 0 bridgehead atoms. The minimum atomic E-state index is -0.788. The molecular weight excluding hydrogens is 133 g/mol. The first-order valence-corrected chi connectivity index (χ1v) is 2.98. The van der Waals surface area contributed by atoms with Crippen molar-refractivity contribution in [1.29, 1.82) is 0 Å². The first-order valence-electron chi connectivity index (χ1n) is 2.98. The van der Waals surface area contributed by atoms with Crippen LogP contribution in [-0.2, 0) is 0 Å². The molecule has 10 heavy (non-hydrogen) atoms. The maximum absolute atomic E-state index is 12.1. The Morgan fingerprint density at radius 3 is 3.00 bits per heavy atom. The summed E-state index contributed by atoms with van der Waals surface area (Å²) in [6.07, 6.45) is 2.24. The number of oxazole rings is 1. The van der Waals surface area contributed by atoms with Gasteiger partial charge >= 0.3 is 6.14 Å². The molecule has 0 fully saturated rings. The van der Waals surface area contributed by atoms with Crippen molar-refractivity contribution >= 4 is 0 Å². The third-order valence-electron chi connectivity index (χ3n) is 1.30. The molecule has 1 unspecified atom stereocenters. The van der Waals surface area contributed by atoms with Crippen LogP contribution in [0.15, 0.2) is 23.3 Å². The predicted molar refractivity (Wildman–Crippen MR) is 35.1 cm³/mol. The molecule has 0 aliphatic carbocycles. The summed E-state index contributed by atoms with van der Waals surface area (Å²) in [7, 11) is 0. The van der Waals surface area contributed by atoms with E-state index in [2.05, 4.69) is 16.0 Å². The average molecular weight is 141 g/mol. The summed E-state index contributed by atoms with van der Waals surface area (Å²) < 4.78 is 16.7. The zero-order valence-electron chi connectivity index (χ0n) is 5.67. The highest BCUT2D eigenvalue weighted by Gasteiger charge is 2.06. The fourth-order valence-corrected chi connectivity index (χ4v) is 0.591. The summed E-state index contributed by atoms with van der Waals surface area (Å²) in [5.41, 5.74) is 0. The van der Waals surface area contributed by atoms with E-state index in [1.807, 2.05) is 6.92 Å². The van der Waals surface area contributed by atoms with Gasteiger partial charge in [0, 0.05) is 5.92 Å². The third-order valence-corrected chi connectivity index (χ3v) is 1.30. The normalized spacial score (nSPS) is 13.0. The molecule has 1 aromatic rings. The Morgan fingerprint density at radius 1 is 1.90 bits per heavy atom. The molecular formula is C7H8FNO. The summed E-state index contributed by atoms with van der Waals surface area (Å²) >= 11 is 0. The lowest BCUT2D eigenvalue weighted by Gasteiger charge is -1.96. The molecule has 0 amide bonds. The van der Waals surface area contributed by atoms with E-state index < -0.39 is 6.14 Å². The lowest BCUT2D eigenvalue weighted by Crippen LogP contribution is -1.82. The van der Waals surface area contributed by atoms with Gasteiger partial charge in [-0.3, -0.25) is 0 Å². The van der Waals surface area contributed by atoms with Gasteiger partial charge in [0.2, 0.25) is 0 Å². The maximum Gasteiger partial charge on any atom is 0.381 e. The van der Waals surface area contributed by atoms with E-state index in [0.29, 0.717) is 5.76 Å². The van der Waals surface area contributed by atoms with E-state index in [9.17, 15) is 4.39 Å². The van der Waals surface area contributed by atoms with Crippen molar-refractivity contribution in [2.24, 2.45) is 0 Å². The molecule has 54 valence electrons. The van der Waals surface area contributed by atoms with Crippen LogP contribution in [0.1, 0.15) is 18.6 Å². The van der Waals surface area contributed by atoms with Crippen molar-refractivity contribution in [3.05, 3.63) is 30.8 Å². The van der Waals surface area contributed by atoms with Gasteiger partial charge in [0.05, 0.1) is 6.20 Å². The van der Waals surface area contributed by atoms with Gasteiger partial charge in [-0.25, -0.2) is 0 Å². The lowest BCUT2D eigenvalue weighted by atomic mass is 10.1. The first-order chi connectivity index (χ1) is 4.74. The first kappa shape index (κ1) is 6.99. The highest BCUT2D eigenvalue weighted by molar-refractivity contribution is 5.04. The molecule has 3 heteroatoms. The smallest absolute Gasteiger partial charge is 0.381 e. The van der Waals surface area contributed by atoms with Crippen LogP contribution in [0.4, 0.5) is 4.39 Å². The van der Waals surface area contributed by atoms with Gasteiger partial charge < -0.3 is 4.42 Å². The molecule has 1 heterocycles. The Kier molecular flexibility index (Phi) is 1.85. The third kappa shape index (κ3) is 1.23. The number of hydrogen-bond donors (Lipinski definition) is 0. The molecule has 0 saturated heterocycles. The van der Waals surface area contributed by atoms with Crippen LogP contribution in [0.3, 0.4) is 0 Å². The highest BCUT2D eigenvalue weighted by Crippen LogP contribution is 2.15. The molecule has 0 aromatic carbocycles. The van der Waals surface area contributed by atoms with Crippen molar-refractivity contribution in [3.63, 3.8) is 0 Å². The van der Waals surface area contributed by atoms with E-state index >= 15 is 0 Å². The SMILES string of the molecule is C=CC(C)c1cnc(F)o1. The van der Waals surface area contributed by atoms with Gasteiger partial charge in [0.15, 0.2) is 0 Å². The lowest BCUT2D eigenvalue weighted by molar-refractivity contribution is 0.315. The quantitative estimate of drug-likeness (QED) is 0.589. The second-order valence-electron chi connectivity index (χ2n) is 2.04. The number of nitrogens with zero attached hydrogens (tertiary/aromatic N) is 1. The largest absolute Gasteiger partial charge is 0.419 e. The number of hydrogen-bond acceptors (Lipinski definition) is 2. The maximum atomic E-state index is 12.1. The van der Waals surface area contributed by atoms with Crippen LogP contribution in [-0.4, -0.2) is 4.98 Å². The number of allylic oxidation sites excluding steroid dienone is 1. The van der Waals surface area contributed by atoms with Crippen molar-refractivity contribution < 1.29 is 8.81 Å². The van der Waals surface area contributed by atoms with Gasteiger partial charge in [-0.1, -0.05) is 13.0 Å². The number of halogens is 1. The van der Waals surface area contributed by atoms with Crippen molar-refractivity contribution in [2.45, 2.75) is 12.8 Å². The van der Waals surface area contributed by atoms with Crippen molar-refractivity contribution in [1.82, 2.24) is 4.98 Å². The molecule has 0 aliphatic rings. The molecule has 0 saturated carbocycles. The molecule has 0 spiro atoms. The Hall–Kier alpha value is -1.12. The molecule has 1 aromatic heterocycles. The van der Waals surface area contributed by atoms with Crippen LogP contribution < -0.4 is 0 Å². The van der Waals surface area contributed by atoms with Gasteiger partial charge in [-0.15, -0.1) is 11.0 Å². The van der Waals surface area contributed by atoms with E-state index in [1.54, 1.807) is 6.08 Å². The molecule has 2 nitrogen and oxygen atoms in total. The molecule has 1 rings (SSSR count). The molecule has 0 aliphatic heterocycles. The fraction of sp³-hybridized carbons (Fsp3) is 0.286. The second-order valence-corrected chi connectivity index (χ2v) is 2.04. The van der Waals surface area contributed by atoms with Gasteiger partial charge in [0.1, 0.15) is 5.76 Å². The number of aromatic nitrogens is 1. The molecule has 1 atom stereocenters. The summed E-state index contributed by atoms with van der Waals surface area (Å²) in [6.45, 7) is 5.39. The van der Waals surface area contributed by atoms with Crippen LogP contribution in [0, 0.1) is 6.14 Å². The van der Waals surface area contributed by atoms with E-state index in [-0.39, 0.29) is 5.92 Å². The highest BCUT2D eigenvalue weighted by atomic mass is 19.1. The minimum absolute atomic E-state index is 0.0250. The van der Waals surface area contributed by atoms with Crippen molar-refractivity contribution in [2.75, 3.05) is 0 Å². The Labute approximate surface area is 58.4 Å². The predicted octanol–water partition coefficient (Wildman–Crippen LogP) is 2.10. The average Bonchev–Trinajstić information content (AvgIpc) is 2.34. The molecule has 0 N–H and O–H groups in total. The minimum Gasteiger partial charge on any atom is -0.419 e. The van der Waals surface area contributed by atoms with Crippen LogP contribution in [0.25, 0.3) is 0 Å². The Bertz CT molecular complexity index is 231. The van der Waals surface area contributed by atoms with Crippen LogP contribution >= 0.6 is 0 Å². The van der Waals surface area contributed by atoms with E-state index in [1.165, 1.54) is 6.20 Å². The van der Waals surface area contributed by atoms with Gasteiger partial charge in [-0.2, -0.15) is 4.98 Å². The van der Waals surface area contributed by atoms with Gasteiger partial charge in [-0.05, 0) is 0 Å².